The molecule has 0 fully saturated rings. The van der Waals surface area contributed by atoms with Gasteiger partial charge in [-0.05, 0) is 12.1 Å². The second-order valence-corrected chi connectivity index (χ2v) is 3.67. The molecule has 0 saturated heterocycles. The Hall–Kier alpha value is -1.35. The highest BCUT2D eigenvalue weighted by molar-refractivity contribution is 6.33. The van der Waals surface area contributed by atoms with Crippen molar-refractivity contribution in [2.75, 3.05) is 14.1 Å². The highest BCUT2D eigenvalue weighted by Crippen LogP contribution is 2.25. The van der Waals surface area contributed by atoms with Crippen molar-refractivity contribution in [3.63, 3.8) is 0 Å². The molecule has 0 aromatic heterocycles. The molecule has 2 nitrogen and oxygen atoms in total. The quantitative estimate of drug-likeness (QED) is 0.584. The lowest BCUT2D eigenvalue weighted by Gasteiger charge is -2.09. The first-order valence-electron chi connectivity index (χ1n) is 4.34. The minimum atomic E-state index is -0.497. The van der Waals surface area contributed by atoms with Crippen molar-refractivity contribution >= 4 is 23.5 Å². The van der Waals surface area contributed by atoms with E-state index >= 15 is 0 Å². The number of carbonyl (C=O) groups excluding carboxylic acids is 1. The number of hydrogen-bond acceptors (Lipinski definition) is 2. The van der Waals surface area contributed by atoms with Crippen LogP contribution in [0.15, 0.2) is 24.4 Å². The van der Waals surface area contributed by atoms with E-state index in [0.29, 0.717) is 6.29 Å². The van der Waals surface area contributed by atoms with Crippen LogP contribution in [0.2, 0.25) is 5.02 Å². The smallest absolute Gasteiger partial charge is 0.152 e. The van der Waals surface area contributed by atoms with E-state index in [-0.39, 0.29) is 16.2 Å². The first-order valence-corrected chi connectivity index (χ1v) is 4.72. The van der Waals surface area contributed by atoms with Crippen LogP contribution in [0.25, 0.3) is 5.57 Å². The van der Waals surface area contributed by atoms with Gasteiger partial charge in [0.2, 0.25) is 0 Å². The zero-order valence-corrected chi connectivity index (χ0v) is 9.25. The third-order valence-electron chi connectivity index (χ3n) is 1.78. The summed E-state index contributed by atoms with van der Waals surface area (Å²) in [7, 11) is 3.50. The summed E-state index contributed by atoms with van der Waals surface area (Å²) in [6, 6.07) is 4.32. The fourth-order valence-corrected chi connectivity index (χ4v) is 1.48. The van der Waals surface area contributed by atoms with Gasteiger partial charge in [-0.15, -0.1) is 0 Å². The molecule has 0 aliphatic carbocycles. The van der Waals surface area contributed by atoms with Gasteiger partial charge in [0.1, 0.15) is 5.82 Å². The Morgan fingerprint density at radius 2 is 2.13 bits per heavy atom. The summed E-state index contributed by atoms with van der Waals surface area (Å²) in [5.41, 5.74) is 0.367. The molecule has 15 heavy (non-hydrogen) atoms. The van der Waals surface area contributed by atoms with Gasteiger partial charge in [-0.2, -0.15) is 0 Å². The lowest BCUT2D eigenvalue weighted by Crippen LogP contribution is -2.04. The Kier molecular flexibility index (Phi) is 3.86. The van der Waals surface area contributed by atoms with E-state index in [0.717, 1.165) is 0 Å². The third-order valence-corrected chi connectivity index (χ3v) is 2.09. The minimum Gasteiger partial charge on any atom is -0.383 e. The molecule has 0 aliphatic rings. The van der Waals surface area contributed by atoms with Crippen molar-refractivity contribution < 1.29 is 9.18 Å². The molecule has 1 rings (SSSR count). The second-order valence-electron chi connectivity index (χ2n) is 3.26. The number of rotatable bonds is 3. The number of hydrogen-bond donors (Lipinski definition) is 0. The summed E-state index contributed by atoms with van der Waals surface area (Å²) in [4.78, 5) is 12.5. The third kappa shape index (κ3) is 2.80. The van der Waals surface area contributed by atoms with Crippen LogP contribution < -0.4 is 0 Å². The van der Waals surface area contributed by atoms with Crippen molar-refractivity contribution in [3.8, 4) is 0 Å². The van der Waals surface area contributed by atoms with Crippen molar-refractivity contribution in [3.05, 3.63) is 40.8 Å². The molecule has 1 aromatic rings. The average molecular weight is 228 g/mol. The van der Waals surface area contributed by atoms with E-state index in [1.54, 1.807) is 25.1 Å². The largest absolute Gasteiger partial charge is 0.383 e. The Labute approximate surface area is 93.0 Å². The van der Waals surface area contributed by atoms with Crippen LogP contribution in [0.3, 0.4) is 0 Å². The van der Waals surface area contributed by atoms with Crippen LogP contribution in [0.5, 0.6) is 0 Å². The maximum absolute atomic E-state index is 13.4. The highest BCUT2D eigenvalue weighted by atomic mass is 35.5. The summed E-state index contributed by atoms with van der Waals surface area (Å²) < 4.78 is 13.4. The summed E-state index contributed by atoms with van der Waals surface area (Å²) in [6.07, 6.45) is 2.11. The summed E-state index contributed by atoms with van der Waals surface area (Å²) in [5.74, 6) is -0.497. The Morgan fingerprint density at radius 3 is 2.60 bits per heavy atom. The molecule has 80 valence electrons. The van der Waals surface area contributed by atoms with Crippen molar-refractivity contribution in [2.24, 2.45) is 0 Å². The van der Waals surface area contributed by atoms with Crippen molar-refractivity contribution in [1.29, 1.82) is 0 Å². The fraction of sp³-hybridized carbons (Fsp3) is 0.182. The number of halogens is 2. The molecule has 0 heterocycles. The van der Waals surface area contributed by atoms with Crippen molar-refractivity contribution in [1.82, 2.24) is 4.90 Å². The number of carbonyl (C=O) groups is 1. The summed E-state index contributed by atoms with van der Waals surface area (Å²) >= 11 is 5.83. The number of nitrogens with zero attached hydrogens (tertiary/aromatic N) is 1. The first kappa shape index (κ1) is 11.7. The lowest BCUT2D eigenvalue weighted by molar-refractivity contribution is -0.103. The molecule has 4 heteroatoms. The number of allylic oxidation sites excluding steroid dienone is 1. The zero-order chi connectivity index (χ0) is 11.4. The molecule has 0 atom stereocenters. The molecule has 0 bridgehead atoms. The molecule has 0 saturated carbocycles. The van der Waals surface area contributed by atoms with Crippen LogP contribution in [-0.2, 0) is 4.79 Å². The van der Waals surface area contributed by atoms with Crippen LogP contribution in [0.4, 0.5) is 4.39 Å². The van der Waals surface area contributed by atoms with Gasteiger partial charge in [-0.25, -0.2) is 4.39 Å². The van der Waals surface area contributed by atoms with E-state index in [4.69, 9.17) is 11.6 Å². The topological polar surface area (TPSA) is 20.3 Å². The van der Waals surface area contributed by atoms with Gasteiger partial charge >= 0.3 is 0 Å². The van der Waals surface area contributed by atoms with Crippen LogP contribution in [-0.4, -0.2) is 25.3 Å². The Balaban J connectivity index is 3.30. The van der Waals surface area contributed by atoms with Gasteiger partial charge in [-0.1, -0.05) is 17.7 Å². The van der Waals surface area contributed by atoms with Crippen LogP contribution in [0, 0.1) is 5.82 Å². The van der Waals surface area contributed by atoms with Gasteiger partial charge in [0.15, 0.2) is 6.29 Å². The number of benzene rings is 1. The van der Waals surface area contributed by atoms with Gasteiger partial charge < -0.3 is 4.90 Å². The SMILES string of the molecule is CN(C)/C=C(\C=O)c1c(F)cccc1Cl. The van der Waals surface area contributed by atoms with Crippen molar-refractivity contribution in [2.45, 2.75) is 0 Å². The predicted octanol–water partition coefficient (Wildman–Crippen LogP) is 2.58. The Morgan fingerprint density at radius 1 is 1.47 bits per heavy atom. The molecule has 0 spiro atoms. The standard InChI is InChI=1S/C11H11ClFNO/c1-14(2)6-8(7-15)11-9(12)4-3-5-10(11)13/h3-7H,1-2H3/b8-6+. The molecule has 0 N–H and O–H groups in total. The summed E-state index contributed by atoms with van der Waals surface area (Å²) in [6.45, 7) is 0. The minimum absolute atomic E-state index is 0.142. The van der Waals surface area contributed by atoms with E-state index in [1.165, 1.54) is 18.3 Å². The van der Waals surface area contributed by atoms with Gasteiger partial charge in [-0.3, -0.25) is 4.79 Å². The monoisotopic (exact) mass is 227 g/mol. The zero-order valence-electron chi connectivity index (χ0n) is 8.50. The number of aldehydes is 1. The average Bonchev–Trinajstić information content (AvgIpc) is 2.15. The first-order chi connectivity index (χ1) is 7.06. The van der Waals surface area contributed by atoms with E-state index in [1.807, 2.05) is 0 Å². The van der Waals surface area contributed by atoms with Crippen LogP contribution in [0.1, 0.15) is 5.56 Å². The van der Waals surface area contributed by atoms with Gasteiger partial charge in [0.05, 0.1) is 5.02 Å². The van der Waals surface area contributed by atoms with E-state index < -0.39 is 5.82 Å². The highest BCUT2D eigenvalue weighted by Gasteiger charge is 2.11. The maximum atomic E-state index is 13.4. The van der Waals surface area contributed by atoms with E-state index in [9.17, 15) is 9.18 Å². The van der Waals surface area contributed by atoms with E-state index in [2.05, 4.69) is 0 Å². The van der Waals surface area contributed by atoms with Gasteiger partial charge in [0, 0.05) is 31.4 Å². The Bertz CT molecular complexity index is 381. The molecule has 0 aliphatic heterocycles. The lowest BCUT2D eigenvalue weighted by atomic mass is 10.1. The molecular weight excluding hydrogens is 217 g/mol. The molecule has 0 unspecified atom stereocenters. The summed E-state index contributed by atoms with van der Waals surface area (Å²) in [5, 5.41) is 0.232. The van der Waals surface area contributed by atoms with Gasteiger partial charge in [0.25, 0.3) is 0 Å². The molecule has 0 radical (unpaired) electrons. The molecule has 0 amide bonds. The maximum Gasteiger partial charge on any atom is 0.152 e. The molecular formula is C11H11ClFNO. The normalized spacial score (nSPS) is 11.3. The second kappa shape index (κ2) is 4.94. The molecule has 1 aromatic carbocycles. The van der Waals surface area contributed by atoms with Crippen LogP contribution >= 0.6 is 11.6 Å². The predicted molar refractivity (Wildman–Crippen MR) is 59.1 cm³/mol. The fourth-order valence-electron chi connectivity index (χ4n) is 1.21.